The Hall–Kier alpha value is -5.67. The molecule has 0 aliphatic heterocycles. The van der Waals surface area contributed by atoms with Gasteiger partial charge in [-0.1, -0.05) is 147 Å². The summed E-state index contributed by atoms with van der Waals surface area (Å²) < 4.78 is 0. The maximum absolute atomic E-state index is 4.94. The van der Waals surface area contributed by atoms with Crippen LogP contribution in [0.4, 0.5) is 0 Å². The molecule has 1 aliphatic rings. The summed E-state index contributed by atoms with van der Waals surface area (Å²) in [5, 5.41) is 0. The second-order valence-corrected chi connectivity index (χ2v) is 12.6. The van der Waals surface area contributed by atoms with Gasteiger partial charge >= 0.3 is 0 Å². The Morgan fingerprint density at radius 3 is 1.57 bits per heavy atom. The van der Waals surface area contributed by atoms with Crippen molar-refractivity contribution in [2.75, 3.05) is 0 Å². The molecular formula is C43H33N3. The normalized spacial score (nSPS) is 12.8. The minimum Gasteiger partial charge on any atom is -0.208 e. The highest BCUT2D eigenvalue weighted by Crippen LogP contribution is 2.49. The van der Waals surface area contributed by atoms with E-state index in [-0.39, 0.29) is 5.41 Å². The number of benzene rings is 6. The quantitative estimate of drug-likeness (QED) is 0.200. The Kier molecular flexibility index (Phi) is 6.69. The van der Waals surface area contributed by atoms with Crippen LogP contribution in [0.15, 0.2) is 146 Å². The fourth-order valence-corrected chi connectivity index (χ4v) is 6.83. The second-order valence-electron chi connectivity index (χ2n) is 12.6. The average molecular weight is 592 g/mol. The second kappa shape index (κ2) is 11.0. The van der Waals surface area contributed by atoms with E-state index in [1.807, 2.05) is 60.7 Å². The minimum atomic E-state index is 0.0114. The monoisotopic (exact) mass is 591 g/mol. The molecule has 0 saturated carbocycles. The van der Waals surface area contributed by atoms with Gasteiger partial charge < -0.3 is 0 Å². The van der Waals surface area contributed by atoms with Gasteiger partial charge in [0.15, 0.2) is 17.5 Å². The summed E-state index contributed by atoms with van der Waals surface area (Å²) in [5.74, 6) is 1.98. The molecular weight excluding hydrogens is 558 g/mol. The van der Waals surface area contributed by atoms with E-state index in [1.54, 1.807) is 0 Å². The summed E-state index contributed by atoms with van der Waals surface area (Å²) in [7, 11) is 0. The van der Waals surface area contributed by atoms with Gasteiger partial charge in [-0.3, -0.25) is 0 Å². The van der Waals surface area contributed by atoms with Crippen molar-refractivity contribution in [2.45, 2.75) is 26.2 Å². The van der Waals surface area contributed by atoms with E-state index in [9.17, 15) is 0 Å². The van der Waals surface area contributed by atoms with Crippen LogP contribution >= 0.6 is 0 Å². The van der Waals surface area contributed by atoms with Crippen LogP contribution in [0.5, 0.6) is 0 Å². The molecule has 46 heavy (non-hydrogen) atoms. The number of rotatable bonds is 5. The van der Waals surface area contributed by atoms with Gasteiger partial charge in [0.1, 0.15) is 0 Å². The van der Waals surface area contributed by atoms with Crippen molar-refractivity contribution >= 4 is 0 Å². The lowest BCUT2D eigenvalue weighted by atomic mass is 9.82. The van der Waals surface area contributed by atoms with Crippen molar-refractivity contribution in [2.24, 2.45) is 0 Å². The summed E-state index contributed by atoms with van der Waals surface area (Å²) >= 11 is 0. The fourth-order valence-electron chi connectivity index (χ4n) is 6.83. The van der Waals surface area contributed by atoms with Gasteiger partial charge in [-0.05, 0) is 69.1 Å². The molecule has 0 amide bonds. The molecule has 1 aliphatic carbocycles. The summed E-state index contributed by atoms with van der Waals surface area (Å²) in [4.78, 5) is 14.7. The first kappa shape index (κ1) is 27.8. The first-order valence-corrected chi connectivity index (χ1v) is 15.8. The van der Waals surface area contributed by atoms with Gasteiger partial charge in [0.25, 0.3) is 0 Å². The van der Waals surface area contributed by atoms with Crippen LogP contribution < -0.4 is 0 Å². The summed E-state index contributed by atoms with van der Waals surface area (Å²) in [5.41, 5.74) is 14.4. The molecule has 0 bridgehead atoms. The summed E-state index contributed by atoms with van der Waals surface area (Å²) in [6.45, 7) is 6.85. The van der Waals surface area contributed by atoms with E-state index in [2.05, 4.69) is 106 Å². The Balaban J connectivity index is 1.17. The van der Waals surface area contributed by atoms with Gasteiger partial charge in [-0.25, -0.2) is 15.0 Å². The van der Waals surface area contributed by atoms with Crippen LogP contribution in [0.2, 0.25) is 0 Å². The van der Waals surface area contributed by atoms with Gasteiger partial charge in [-0.2, -0.15) is 0 Å². The largest absolute Gasteiger partial charge is 0.208 e. The number of nitrogens with zero attached hydrogens (tertiary/aromatic N) is 3. The minimum absolute atomic E-state index is 0.0114. The molecule has 0 N–H and O–H groups in total. The SMILES string of the molecule is Cc1cc(-c2ccc3c(c2)-c2ccccc2C3(C)C)ccc1-c1cccc(-c2nc(-c3ccccc3)nc(-c3ccccc3)n2)c1. The highest BCUT2D eigenvalue weighted by molar-refractivity contribution is 5.85. The molecule has 1 aromatic heterocycles. The van der Waals surface area contributed by atoms with Crippen LogP contribution in [-0.2, 0) is 5.41 Å². The zero-order valence-electron chi connectivity index (χ0n) is 26.2. The van der Waals surface area contributed by atoms with Gasteiger partial charge in [0.05, 0.1) is 0 Å². The maximum atomic E-state index is 4.94. The van der Waals surface area contributed by atoms with Gasteiger partial charge in [0, 0.05) is 22.1 Å². The lowest BCUT2D eigenvalue weighted by molar-refractivity contribution is 0.660. The molecule has 0 radical (unpaired) electrons. The highest BCUT2D eigenvalue weighted by Gasteiger charge is 2.35. The summed E-state index contributed by atoms with van der Waals surface area (Å²) in [6, 6.07) is 51.3. The van der Waals surface area contributed by atoms with Crippen molar-refractivity contribution in [3.63, 3.8) is 0 Å². The van der Waals surface area contributed by atoms with Crippen molar-refractivity contribution in [3.05, 3.63) is 162 Å². The Morgan fingerprint density at radius 1 is 0.370 bits per heavy atom. The van der Waals surface area contributed by atoms with E-state index >= 15 is 0 Å². The van der Waals surface area contributed by atoms with E-state index < -0.39 is 0 Å². The van der Waals surface area contributed by atoms with E-state index in [0.717, 1.165) is 22.3 Å². The third-order valence-corrected chi connectivity index (χ3v) is 9.27. The predicted molar refractivity (Wildman–Crippen MR) is 189 cm³/mol. The van der Waals surface area contributed by atoms with Crippen molar-refractivity contribution in [1.82, 2.24) is 15.0 Å². The first-order chi connectivity index (χ1) is 22.5. The van der Waals surface area contributed by atoms with Gasteiger partial charge in [0.2, 0.25) is 0 Å². The van der Waals surface area contributed by atoms with Crippen LogP contribution in [0, 0.1) is 6.92 Å². The van der Waals surface area contributed by atoms with Crippen LogP contribution in [-0.4, -0.2) is 15.0 Å². The molecule has 0 saturated heterocycles. The van der Waals surface area contributed by atoms with Gasteiger partial charge in [-0.15, -0.1) is 0 Å². The average Bonchev–Trinajstić information content (AvgIpc) is 3.34. The molecule has 3 heteroatoms. The lowest BCUT2D eigenvalue weighted by Crippen LogP contribution is -2.14. The molecule has 0 fully saturated rings. The zero-order valence-corrected chi connectivity index (χ0v) is 26.2. The predicted octanol–water partition coefficient (Wildman–Crippen LogP) is 10.8. The molecule has 0 atom stereocenters. The van der Waals surface area contributed by atoms with Crippen LogP contribution in [0.25, 0.3) is 67.5 Å². The van der Waals surface area contributed by atoms with E-state index in [0.29, 0.717) is 17.5 Å². The molecule has 220 valence electrons. The number of aryl methyl sites for hydroxylation is 1. The van der Waals surface area contributed by atoms with Crippen LogP contribution in [0.1, 0.15) is 30.5 Å². The summed E-state index contributed by atoms with van der Waals surface area (Å²) in [6.07, 6.45) is 0. The highest BCUT2D eigenvalue weighted by atomic mass is 15.0. The third-order valence-electron chi connectivity index (χ3n) is 9.27. The molecule has 6 aromatic carbocycles. The molecule has 1 heterocycles. The zero-order chi connectivity index (χ0) is 31.3. The van der Waals surface area contributed by atoms with Crippen molar-refractivity contribution in [1.29, 1.82) is 0 Å². The van der Waals surface area contributed by atoms with Crippen LogP contribution in [0.3, 0.4) is 0 Å². The Labute approximate surface area is 270 Å². The smallest absolute Gasteiger partial charge is 0.164 e. The van der Waals surface area contributed by atoms with E-state index in [4.69, 9.17) is 15.0 Å². The molecule has 0 spiro atoms. The molecule has 0 unspecified atom stereocenters. The third kappa shape index (κ3) is 4.81. The molecule has 8 rings (SSSR count). The lowest BCUT2D eigenvalue weighted by Gasteiger charge is -2.21. The number of aromatic nitrogens is 3. The molecule has 7 aromatic rings. The maximum Gasteiger partial charge on any atom is 0.164 e. The standard InChI is InChI=1S/C43H33N3/c1-28-25-31(32-22-24-39-37(27-32)36-19-10-11-20-38(36)43(39,2)3)21-23-35(28)33-17-12-18-34(26-33)42-45-40(29-13-6-4-7-14-29)44-41(46-42)30-15-8-5-9-16-30/h4-27H,1-3H3. The Bertz CT molecular complexity index is 2180. The number of hydrogen-bond acceptors (Lipinski definition) is 3. The van der Waals surface area contributed by atoms with E-state index in [1.165, 1.54) is 44.5 Å². The number of fused-ring (bicyclic) bond motifs is 3. The van der Waals surface area contributed by atoms with Crippen molar-refractivity contribution < 1.29 is 0 Å². The first-order valence-electron chi connectivity index (χ1n) is 15.8. The molecule has 3 nitrogen and oxygen atoms in total. The fraction of sp³-hybridized carbons (Fsp3) is 0.0930. The topological polar surface area (TPSA) is 38.7 Å². The number of hydrogen-bond donors (Lipinski definition) is 0. The Morgan fingerprint density at radius 2 is 0.891 bits per heavy atom. The van der Waals surface area contributed by atoms with Crippen molar-refractivity contribution in [3.8, 4) is 67.5 Å².